The summed E-state index contributed by atoms with van der Waals surface area (Å²) in [4.78, 5) is 0. The van der Waals surface area contributed by atoms with Crippen molar-refractivity contribution in [3.63, 3.8) is 0 Å². The molecule has 0 aliphatic rings. The zero-order valence-corrected chi connectivity index (χ0v) is 12.6. The fourth-order valence-corrected chi connectivity index (χ4v) is 1.71. The van der Waals surface area contributed by atoms with E-state index in [0.717, 1.165) is 19.3 Å². The van der Waals surface area contributed by atoms with E-state index in [1.54, 1.807) is 0 Å². The van der Waals surface area contributed by atoms with Crippen LogP contribution in [-0.2, 0) is 10.1 Å². The van der Waals surface area contributed by atoms with Gasteiger partial charge >= 0.3 is 29.6 Å². The molecule has 86 valence electrons. The van der Waals surface area contributed by atoms with E-state index in [9.17, 15) is 18.1 Å². The van der Waals surface area contributed by atoms with Crippen LogP contribution in [0.15, 0.2) is 0 Å². The van der Waals surface area contributed by atoms with Gasteiger partial charge in [-0.1, -0.05) is 26.2 Å². The zero-order valence-electron chi connectivity index (χ0n) is 9.77. The molecule has 0 fully saturated rings. The van der Waals surface area contributed by atoms with Gasteiger partial charge in [-0.05, 0) is 19.8 Å². The van der Waals surface area contributed by atoms with Crippen molar-refractivity contribution < 1.29 is 47.6 Å². The molecule has 4 nitrogen and oxygen atoms in total. The summed E-state index contributed by atoms with van der Waals surface area (Å²) >= 11 is 0. The molecule has 0 aromatic rings. The Kier molecular flexibility index (Phi) is 10.9. The predicted molar refractivity (Wildman–Crippen MR) is 53.9 cm³/mol. The van der Waals surface area contributed by atoms with Crippen LogP contribution in [0.1, 0.15) is 46.0 Å². The molecule has 0 saturated heterocycles. The number of hydrogen-bond acceptors (Lipinski definition) is 4. The van der Waals surface area contributed by atoms with E-state index < -0.39 is 21.5 Å². The van der Waals surface area contributed by atoms with Crippen molar-refractivity contribution in [1.29, 1.82) is 0 Å². The molecular weight excluding hydrogens is 227 g/mol. The van der Waals surface area contributed by atoms with Crippen LogP contribution < -0.4 is 29.6 Å². The molecule has 0 bridgehead atoms. The smallest absolute Gasteiger partial charge is 0.748 e. The van der Waals surface area contributed by atoms with Crippen LogP contribution in [0.3, 0.4) is 0 Å². The Balaban J connectivity index is 0. The molecule has 0 saturated carbocycles. The van der Waals surface area contributed by atoms with Crippen LogP contribution in [-0.4, -0.2) is 29.4 Å². The third kappa shape index (κ3) is 9.78. The average molecular weight is 246 g/mol. The summed E-state index contributed by atoms with van der Waals surface area (Å²) in [5.41, 5.74) is 0. The summed E-state index contributed by atoms with van der Waals surface area (Å²) in [6, 6.07) is 0. The van der Waals surface area contributed by atoms with Crippen molar-refractivity contribution in [2.24, 2.45) is 0 Å². The van der Waals surface area contributed by atoms with Crippen molar-refractivity contribution in [3.8, 4) is 0 Å². The van der Waals surface area contributed by atoms with Crippen LogP contribution in [0.4, 0.5) is 0 Å². The second-order valence-corrected chi connectivity index (χ2v) is 5.48. The van der Waals surface area contributed by atoms with E-state index in [1.165, 1.54) is 6.92 Å². The van der Waals surface area contributed by atoms with Crippen molar-refractivity contribution in [2.75, 3.05) is 0 Å². The standard InChI is InChI=1S/C9H20O4S.Na/c1-3-4-5-6-9(10)7-8(2)14(11,12)13;/h8-10H,3-7H2,1-2H3,(H,11,12,13);/q;+1/p-1. The van der Waals surface area contributed by atoms with Crippen LogP contribution in [0.2, 0.25) is 0 Å². The first kappa shape index (κ1) is 18.2. The summed E-state index contributed by atoms with van der Waals surface area (Å²) in [5.74, 6) is 0. The molecule has 0 heterocycles. The van der Waals surface area contributed by atoms with E-state index in [0.29, 0.717) is 6.42 Å². The number of hydrogen-bond donors (Lipinski definition) is 1. The third-order valence-electron chi connectivity index (χ3n) is 2.24. The molecule has 6 heteroatoms. The van der Waals surface area contributed by atoms with Gasteiger partial charge in [-0.25, -0.2) is 8.42 Å². The van der Waals surface area contributed by atoms with Gasteiger partial charge in [-0.3, -0.25) is 0 Å². The first-order chi connectivity index (χ1) is 6.38. The van der Waals surface area contributed by atoms with E-state index in [2.05, 4.69) is 6.92 Å². The Bertz CT molecular complexity index is 240. The maximum absolute atomic E-state index is 10.5. The molecule has 0 radical (unpaired) electrons. The van der Waals surface area contributed by atoms with Crippen LogP contribution in [0, 0.1) is 0 Å². The molecule has 2 unspecified atom stereocenters. The molecular formula is C9H19NaO4S. The Labute approximate surface area is 114 Å². The Hall–Kier alpha value is 0.870. The maximum atomic E-state index is 10.5. The normalized spacial score (nSPS) is 15.5. The van der Waals surface area contributed by atoms with E-state index in [-0.39, 0.29) is 36.0 Å². The van der Waals surface area contributed by atoms with Crippen LogP contribution in [0.5, 0.6) is 0 Å². The van der Waals surface area contributed by atoms with Gasteiger partial charge in [-0.15, -0.1) is 0 Å². The molecule has 1 N–H and O–H groups in total. The van der Waals surface area contributed by atoms with Crippen molar-refractivity contribution in [3.05, 3.63) is 0 Å². The third-order valence-corrected chi connectivity index (χ3v) is 3.42. The van der Waals surface area contributed by atoms with E-state index in [4.69, 9.17) is 0 Å². The van der Waals surface area contributed by atoms with E-state index >= 15 is 0 Å². The average Bonchev–Trinajstić information content (AvgIpc) is 2.03. The topological polar surface area (TPSA) is 77.4 Å². The summed E-state index contributed by atoms with van der Waals surface area (Å²) in [6.07, 6.45) is 2.92. The number of unbranched alkanes of at least 4 members (excludes halogenated alkanes) is 2. The Morgan fingerprint density at radius 1 is 1.33 bits per heavy atom. The van der Waals surface area contributed by atoms with Gasteiger partial charge in [0, 0.05) is 5.25 Å². The van der Waals surface area contributed by atoms with Gasteiger partial charge < -0.3 is 9.66 Å². The molecule has 0 rings (SSSR count). The summed E-state index contributed by atoms with van der Waals surface area (Å²) in [7, 11) is -4.24. The van der Waals surface area contributed by atoms with Crippen molar-refractivity contribution in [2.45, 2.75) is 57.3 Å². The molecule has 0 aliphatic heterocycles. The minimum Gasteiger partial charge on any atom is -0.748 e. The Morgan fingerprint density at radius 3 is 2.27 bits per heavy atom. The van der Waals surface area contributed by atoms with Gasteiger partial charge in [-0.2, -0.15) is 0 Å². The quantitative estimate of drug-likeness (QED) is 0.328. The van der Waals surface area contributed by atoms with Crippen molar-refractivity contribution in [1.82, 2.24) is 0 Å². The van der Waals surface area contributed by atoms with E-state index in [1.807, 2.05) is 0 Å². The van der Waals surface area contributed by atoms with Gasteiger partial charge in [0.25, 0.3) is 0 Å². The number of aliphatic hydroxyl groups is 1. The van der Waals surface area contributed by atoms with Crippen molar-refractivity contribution >= 4 is 10.1 Å². The molecule has 0 amide bonds. The molecule has 2 atom stereocenters. The van der Waals surface area contributed by atoms with Crippen LogP contribution >= 0.6 is 0 Å². The van der Waals surface area contributed by atoms with Gasteiger partial charge in [0.2, 0.25) is 0 Å². The molecule has 0 aromatic heterocycles. The zero-order chi connectivity index (χ0) is 11.2. The predicted octanol–water partition coefficient (Wildman–Crippen LogP) is -1.74. The largest absolute Gasteiger partial charge is 1.00 e. The number of rotatable bonds is 7. The summed E-state index contributed by atoms with van der Waals surface area (Å²) in [6.45, 7) is 3.39. The van der Waals surface area contributed by atoms with Crippen LogP contribution in [0.25, 0.3) is 0 Å². The number of aliphatic hydroxyl groups excluding tert-OH is 1. The second kappa shape index (κ2) is 8.96. The summed E-state index contributed by atoms with van der Waals surface area (Å²) < 4.78 is 31.6. The fraction of sp³-hybridized carbons (Fsp3) is 1.00. The molecule has 0 aliphatic carbocycles. The molecule has 0 aromatic carbocycles. The van der Waals surface area contributed by atoms with Gasteiger partial charge in [0.05, 0.1) is 16.2 Å². The maximum Gasteiger partial charge on any atom is 1.00 e. The first-order valence-corrected chi connectivity index (χ1v) is 6.47. The van der Waals surface area contributed by atoms with Gasteiger partial charge in [0.15, 0.2) is 0 Å². The molecule has 15 heavy (non-hydrogen) atoms. The Morgan fingerprint density at radius 2 is 1.87 bits per heavy atom. The molecule has 0 spiro atoms. The minimum atomic E-state index is -4.24. The fourth-order valence-electron chi connectivity index (χ4n) is 1.25. The van der Waals surface area contributed by atoms with Gasteiger partial charge in [0.1, 0.15) is 0 Å². The monoisotopic (exact) mass is 246 g/mol. The minimum absolute atomic E-state index is 0. The first-order valence-electron chi connectivity index (χ1n) is 5.00. The second-order valence-electron chi connectivity index (χ2n) is 3.69. The SMILES string of the molecule is CCCCCC(O)CC(C)S(=O)(=O)[O-].[Na+]. The summed E-state index contributed by atoms with van der Waals surface area (Å²) in [5, 5.41) is 8.42.